The SMILES string of the molecule is CCCCCCCCCCC(=O)c1cc(C)ccc1Br. The lowest BCUT2D eigenvalue weighted by atomic mass is 10.0. The smallest absolute Gasteiger partial charge is 0.164 e. The van der Waals surface area contributed by atoms with Crippen LogP contribution in [0.4, 0.5) is 0 Å². The highest BCUT2D eigenvalue weighted by atomic mass is 79.9. The number of hydrogen-bond acceptors (Lipinski definition) is 1. The van der Waals surface area contributed by atoms with Crippen LogP contribution in [0.5, 0.6) is 0 Å². The van der Waals surface area contributed by atoms with E-state index in [1.54, 1.807) is 0 Å². The second-order valence-electron chi connectivity index (χ2n) is 5.63. The van der Waals surface area contributed by atoms with Crippen LogP contribution < -0.4 is 0 Å². The maximum absolute atomic E-state index is 12.2. The van der Waals surface area contributed by atoms with Crippen molar-refractivity contribution in [3.8, 4) is 0 Å². The highest BCUT2D eigenvalue weighted by Crippen LogP contribution is 2.21. The summed E-state index contributed by atoms with van der Waals surface area (Å²) in [5.41, 5.74) is 1.99. The van der Waals surface area contributed by atoms with Crippen LogP contribution in [0.3, 0.4) is 0 Å². The summed E-state index contributed by atoms with van der Waals surface area (Å²) >= 11 is 3.47. The topological polar surface area (TPSA) is 17.1 Å². The predicted octanol–water partition coefficient (Wildman–Crippen LogP) is 6.47. The molecule has 0 saturated heterocycles. The summed E-state index contributed by atoms with van der Waals surface area (Å²) in [5.74, 6) is 0.270. The molecule has 0 aromatic heterocycles. The highest BCUT2D eigenvalue weighted by molar-refractivity contribution is 9.10. The number of carbonyl (C=O) groups excluding carboxylic acids is 1. The molecule has 0 saturated carbocycles. The first-order valence-electron chi connectivity index (χ1n) is 7.94. The average molecular weight is 339 g/mol. The van der Waals surface area contributed by atoms with E-state index < -0.39 is 0 Å². The first kappa shape index (κ1) is 17.4. The van der Waals surface area contributed by atoms with Crippen LogP contribution in [-0.4, -0.2) is 5.78 Å². The molecule has 0 N–H and O–H groups in total. The standard InChI is InChI=1S/C18H27BrO/c1-3-4-5-6-7-8-9-10-11-18(20)16-14-15(2)12-13-17(16)19/h12-14H,3-11H2,1-2H3. The maximum Gasteiger partial charge on any atom is 0.164 e. The number of carbonyl (C=O) groups is 1. The van der Waals surface area contributed by atoms with Gasteiger partial charge in [-0.05, 0) is 25.5 Å². The molecule has 0 amide bonds. The van der Waals surface area contributed by atoms with Gasteiger partial charge in [0.25, 0.3) is 0 Å². The zero-order chi connectivity index (χ0) is 14.8. The molecule has 0 fully saturated rings. The summed E-state index contributed by atoms with van der Waals surface area (Å²) in [6, 6.07) is 5.98. The Labute approximate surface area is 132 Å². The molecule has 0 aliphatic rings. The third-order valence-corrected chi connectivity index (χ3v) is 4.37. The van der Waals surface area contributed by atoms with Gasteiger partial charge in [-0.1, -0.05) is 79.4 Å². The Balaban J connectivity index is 2.18. The van der Waals surface area contributed by atoms with E-state index in [1.165, 1.54) is 44.9 Å². The van der Waals surface area contributed by atoms with Crippen LogP contribution in [0.1, 0.15) is 80.6 Å². The maximum atomic E-state index is 12.2. The van der Waals surface area contributed by atoms with Gasteiger partial charge < -0.3 is 0 Å². The molecule has 0 aliphatic carbocycles. The molecule has 0 atom stereocenters. The van der Waals surface area contributed by atoms with Crippen molar-refractivity contribution in [3.63, 3.8) is 0 Å². The van der Waals surface area contributed by atoms with E-state index in [0.717, 1.165) is 22.0 Å². The highest BCUT2D eigenvalue weighted by Gasteiger charge is 2.09. The van der Waals surface area contributed by atoms with Gasteiger partial charge >= 0.3 is 0 Å². The summed E-state index contributed by atoms with van der Waals surface area (Å²) in [7, 11) is 0. The summed E-state index contributed by atoms with van der Waals surface area (Å²) in [4.78, 5) is 12.2. The number of ketones is 1. The number of rotatable bonds is 10. The average Bonchev–Trinajstić information content (AvgIpc) is 2.44. The van der Waals surface area contributed by atoms with Crippen molar-refractivity contribution in [1.29, 1.82) is 0 Å². The Morgan fingerprint density at radius 3 is 2.25 bits per heavy atom. The molecule has 1 aromatic carbocycles. The fourth-order valence-corrected chi connectivity index (χ4v) is 2.87. The van der Waals surface area contributed by atoms with Crippen LogP contribution >= 0.6 is 15.9 Å². The molecular weight excluding hydrogens is 312 g/mol. The number of Topliss-reactive ketones (excluding diaryl/α,β-unsaturated/α-hetero) is 1. The lowest BCUT2D eigenvalue weighted by Gasteiger charge is -2.05. The zero-order valence-electron chi connectivity index (χ0n) is 12.9. The Morgan fingerprint density at radius 1 is 1.00 bits per heavy atom. The first-order chi connectivity index (χ1) is 9.65. The first-order valence-corrected chi connectivity index (χ1v) is 8.73. The van der Waals surface area contributed by atoms with Gasteiger partial charge in [0.2, 0.25) is 0 Å². The summed E-state index contributed by atoms with van der Waals surface area (Å²) in [5, 5.41) is 0. The van der Waals surface area contributed by atoms with Gasteiger partial charge in [-0.2, -0.15) is 0 Å². The van der Waals surface area contributed by atoms with Crippen LogP contribution in [-0.2, 0) is 0 Å². The van der Waals surface area contributed by atoms with Gasteiger partial charge in [-0.15, -0.1) is 0 Å². The van der Waals surface area contributed by atoms with Crippen molar-refractivity contribution < 1.29 is 4.79 Å². The third kappa shape index (κ3) is 6.69. The minimum absolute atomic E-state index is 0.270. The number of unbranched alkanes of at least 4 members (excludes halogenated alkanes) is 7. The number of hydrogen-bond donors (Lipinski definition) is 0. The van der Waals surface area contributed by atoms with Crippen molar-refractivity contribution in [1.82, 2.24) is 0 Å². The molecule has 0 bridgehead atoms. The van der Waals surface area contributed by atoms with E-state index in [1.807, 2.05) is 25.1 Å². The van der Waals surface area contributed by atoms with E-state index in [0.29, 0.717) is 6.42 Å². The normalized spacial score (nSPS) is 10.8. The monoisotopic (exact) mass is 338 g/mol. The van der Waals surface area contributed by atoms with Crippen molar-refractivity contribution >= 4 is 21.7 Å². The lowest BCUT2D eigenvalue weighted by molar-refractivity contribution is 0.0978. The van der Waals surface area contributed by atoms with Crippen LogP contribution in [0.15, 0.2) is 22.7 Å². The molecule has 0 aliphatic heterocycles. The van der Waals surface area contributed by atoms with E-state index >= 15 is 0 Å². The van der Waals surface area contributed by atoms with Crippen LogP contribution in [0, 0.1) is 6.92 Å². The summed E-state index contributed by atoms with van der Waals surface area (Å²) in [6.45, 7) is 4.27. The van der Waals surface area contributed by atoms with Crippen LogP contribution in [0.25, 0.3) is 0 Å². The van der Waals surface area contributed by atoms with Gasteiger partial charge in [0.15, 0.2) is 5.78 Å². The Hall–Kier alpha value is -0.630. The molecule has 0 radical (unpaired) electrons. The zero-order valence-corrected chi connectivity index (χ0v) is 14.5. The fraction of sp³-hybridized carbons (Fsp3) is 0.611. The quantitative estimate of drug-likeness (QED) is 0.353. The molecular formula is C18H27BrO. The van der Waals surface area contributed by atoms with Crippen molar-refractivity contribution in [2.45, 2.75) is 71.6 Å². The number of aryl methyl sites for hydroxylation is 1. The Bertz CT molecular complexity index is 412. The third-order valence-electron chi connectivity index (χ3n) is 3.68. The van der Waals surface area contributed by atoms with E-state index in [2.05, 4.69) is 22.9 Å². The van der Waals surface area contributed by atoms with Gasteiger partial charge in [0.05, 0.1) is 0 Å². The van der Waals surface area contributed by atoms with Gasteiger partial charge in [-0.25, -0.2) is 0 Å². The summed E-state index contributed by atoms with van der Waals surface area (Å²) < 4.78 is 0.924. The minimum Gasteiger partial charge on any atom is -0.294 e. The molecule has 0 unspecified atom stereocenters. The second-order valence-corrected chi connectivity index (χ2v) is 6.49. The van der Waals surface area contributed by atoms with Crippen LogP contribution in [0.2, 0.25) is 0 Å². The van der Waals surface area contributed by atoms with E-state index in [4.69, 9.17) is 0 Å². The van der Waals surface area contributed by atoms with E-state index in [9.17, 15) is 4.79 Å². The number of halogens is 1. The molecule has 20 heavy (non-hydrogen) atoms. The molecule has 2 heteroatoms. The molecule has 0 heterocycles. The summed E-state index contributed by atoms with van der Waals surface area (Å²) in [6.07, 6.45) is 10.9. The fourth-order valence-electron chi connectivity index (χ4n) is 2.41. The molecule has 1 nitrogen and oxygen atoms in total. The van der Waals surface area contributed by atoms with Crippen molar-refractivity contribution in [2.75, 3.05) is 0 Å². The van der Waals surface area contributed by atoms with Gasteiger partial charge in [0, 0.05) is 16.5 Å². The molecule has 1 aromatic rings. The molecule has 1 rings (SSSR count). The second kappa shape index (κ2) is 10.1. The minimum atomic E-state index is 0.270. The van der Waals surface area contributed by atoms with E-state index in [-0.39, 0.29) is 5.78 Å². The van der Waals surface area contributed by atoms with Crippen molar-refractivity contribution in [3.05, 3.63) is 33.8 Å². The lowest BCUT2D eigenvalue weighted by Crippen LogP contribution is -2.00. The molecule has 112 valence electrons. The predicted molar refractivity (Wildman–Crippen MR) is 90.4 cm³/mol. The van der Waals surface area contributed by atoms with Crippen molar-refractivity contribution in [2.24, 2.45) is 0 Å². The van der Waals surface area contributed by atoms with Gasteiger partial charge in [-0.3, -0.25) is 4.79 Å². The Kier molecular flexibility index (Phi) is 8.84. The molecule has 0 spiro atoms. The Morgan fingerprint density at radius 2 is 1.60 bits per heavy atom. The van der Waals surface area contributed by atoms with Gasteiger partial charge in [0.1, 0.15) is 0 Å². The number of benzene rings is 1. The largest absolute Gasteiger partial charge is 0.294 e.